The van der Waals surface area contributed by atoms with Gasteiger partial charge in [0.2, 0.25) is 10.0 Å². The molecule has 0 spiro atoms. The van der Waals surface area contributed by atoms with Gasteiger partial charge in [0.05, 0.1) is 5.69 Å². The Balaban J connectivity index is 2.71. The van der Waals surface area contributed by atoms with Crippen LogP contribution < -0.4 is 16.2 Å². The molecule has 0 atom stereocenters. The van der Waals surface area contributed by atoms with Crippen molar-refractivity contribution in [3.63, 3.8) is 0 Å². The third-order valence-electron chi connectivity index (χ3n) is 2.40. The van der Waals surface area contributed by atoms with Gasteiger partial charge >= 0.3 is 0 Å². The third kappa shape index (κ3) is 4.17. The van der Waals surface area contributed by atoms with Crippen LogP contribution in [0.4, 0.5) is 11.4 Å². The van der Waals surface area contributed by atoms with Crippen molar-refractivity contribution >= 4 is 21.4 Å². The summed E-state index contributed by atoms with van der Waals surface area (Å²) in [5.41, 5.74) is 11.8. The van der Waals surface area contributed by atoms with Gasteiger partial charge < -0.3 is 16.4 Å². The molecule has 5 N–H and O–H groups in total. The quantitative estimate of drug-likeness (QED) is 0.503. The summed E-state index contributed by atoms with van der Waals surface area (Å²) in [6.45, 7) is 1.18. The molecule has 102 valence electrons. The van der Waals surface area contributed by atoms with Gasteiger partial charge in [0.15, 0.2) is 0 Å². The lowest BCUT2D eigenvalue weighted by atomic mass is 10.3. The number of nitrogens with one attached hydrogen (secondary N) is 1. The Bertz CT molecular complexity index is 500. The van der Waals surface area contributed by atoms with Gasteiger partial charge in [0, 0.05) is 12.2 Å². The van der Waals surface area contributed by atoms with Crippen LogP contribution in [0, 0.1) is 0 Å². The Morgan fingerprint density at radius 2 is 1.94 bits per heavy atom. The van der Waals surface area contributed by atoms with Crippen LogP contribution in [0.5, 0.6) is 0 Å². The first-order valence-corrected chi connectivity index (χ1v) is 7.10. The first kappa shape index (κ1) is 14.7. The Kier molecular flexibility index (Phi) is 4.94. The molecule has 0 heterocycles. The summed E-state index contributed by atoms with van der Waals surface area (Å²) in [6, 6.07) is 4.42. The lowest BCUT2D eigenvalue weighted by molar-refractivity contribution is 0.400. The second kappa shape index (κ2) is 6.03. The van der Waals surface area contributed by atoms with E-state index in [9.17, 15) is 8.42 Å². The van der Waals surface area contributed by atoms with Gasteiger partial charge in [-0.05, 0) is 45.3 Å². The van der Waals surface area contributed by atoms with Gasteiger partial charge in [-0.3, -0.25) is 0 Å². The summed E-state index contributed by atoms with van der Waals surface area (Å²) in [6.07, 6.45) is 0.731. The largest absolute Gasteiger partial charge is 0.399 e. The van der Waals surface area contributed by atoms with Crippen LogP contribution in [0.1, 0.15) is 6.42 Å². The molecule has 0 bridgehead atoms. The minimum Gasteiger partial charge on any atom is -0.399 e. The molecule has 0 aliphatic rings. The molecule has 0 fully saturated rings. The molecule has 0 aliphatic carbocycles. The Morgan fingerprint density at radius 3 is 2.56 bits per heavy atom. The van der Waals surface area contributed by atoms with Crippen LogP contribution in [0.15, 0.2) is 23.1 Å². The fraction of sp³-hybridized carbons (Fsp3) is 0.455. The number of sulfonamides is 1. The van der Waals surface area contributed by atoms with Crippen LogP contribution in [0.25, 0.3) is 0 Å². The number of nitrogen functional groups attached to an aromatic ring is 2. The van der Waals surface area contributed by atoms with E-state index >= 15 is 0 Å². The summed E-state index contributed by atoms with van der Waals surface area (Å²) in [5.74, 6) is 0. The molecule has 1 aromatic rings. The van der Waals surface area contributed by atoms with E-state index in [4.69, 9.17) is 11.5 Å². The van der Waals surface area contributed by atoms with Crippen molar-refractivity contribution in [3.05, 3.63) is 18.2 Å². The van der Waals surface area contributed by atoms with E-state index in [0.717, 1.165) is 13.0 Å². The van der Waals surface area contributed by atoms with Crippen LogP contribution >= 0.6 is 0 Å². The zero-order chi connectivity index (χ0) is 13.8. The molecule has 0 aromatic heterocycles. The van der Waals surface area contributed by atoms with Crippen LogP contribution in [-0.2, 0) is 10.0 Å². The number of benzene rings is 1. The van der Waals surface area contributed by atoms with Crippen molar-refractivity contribution in [2.75, 3.05) is 38.7 Å². The molecule has 0 saturated heterocycles. The molecule has 0 radical (unpaired) electrons. The van der Waals surface area contributed by atoms with Gasteiger partial charge in [-0.1, -0.05) is 0 Å². The standard InChI is InChI=1S/C11H20N4O2S/c1-15(2)7-3-6-14-18(16,17)11-8-9(12)4-5-10(11)13/h4-5,8,14H,3,6-7,12-13H2,1-2H3. The summed E-state index contributed by atoms with van der Waals surface area (Å²) >= 11 is 0. The summed E-state index contributed by atoms with van der Waals surface area (Å²) in [4.78, 5) is 2.02. The molecule has 1 rings (SSSR count). The molecular formula is C11H20N4O2S. The maximum absolute atomic E-state index is 12.0. The van der Waals surface area contributed by atoms with Gasteiger partial charge in [-0.2, -0.15) is 0 Å². The van der Waals surface area contributed by atoms with Crippen molar-refractivity contribution in [3.8, 4) is 0 Å². The fourth-order valence-corrected chi connectivity index (χ4v) is 2.70. The lowest BCUT2D eigenvalue weighted by Crippen LogP contribution is -2.28. The number of nitrogens with zero attached hydrogens (tertiary/aromatic N) is 1. The number of hydrogen-bond donors (Lipinski definition) is 3. The van der Waals surface area contributed by atoms with Crippen LogP contribution in [0.2, 0.25) is 0 Å². The second-order valence-corrected chi connectivity index (χ2v) is 6.09. The van der Waals surface area contributed by atoms with Crippen molar-refractivity contribution in [1.29, 1.82) is 0 Å². The Hall–Kier alpha value is -1.31. The molecule has 0 saturated carbocycles. The first-order chi connectivity index (χ1) is 8.33. The Labute approximate surface area is 108 Å². The third-order valence-corrected chi connectivity index (χ3v) is 3.92. The monoisotopic (exact) mass is 272 g/mol. The highest BCUT2D eigenvalue weighted by Gasteiger charge is 2.16. The Morgan fingerprint density at radius 1 is 1.28 bits per heavy atom. The highest BCUT2D eigenvalue weighted by Crippen LogP contribution is 2.20. The fourth-order valence-electron chi connectivity index (χ4n) is 1.46. The molecule has 1 aromatic carbocycles. The van der Waals surface area contributed by atoms with E-state index in [-0.39, 0.29) is 10.6 Å². The molecular weight excluding hydrogens is 252 g/mol. The summed E-state index contributed by atoms with van der Waals surface area (Å²) in [7, 11) is 0.285. The van der Waals surface area contributed by atoms with Gasteiger partial charge in [-0.25, -0.2) is 13.1 Å². The van der Waals surface area contributed by atoms with E-state index in [1.165, 1.54) is 12.1 Å². The SMILES string of the molecule is CN(C)CCCNS(=O)(=O)c1cc(N)ccc1N. The minimum absolute atomic E-state index is 0.0346. The zero-order valence-electron chi connectivity index (χ0n) is 10.7. The average molecular weight is 272 g/mol. The first-order valence-electron chi connectivity index (χ1n) is 5.62. The maximum Gasteiger partial charge on any atom is 0.242 e. The lowest BCUT2D eigenvalue weighted by Gasteiger charge is -2.11. The van der Waals surface area contributed by atoms with Gasteiger partial charge in [-0.15, -0.1) is 0 Å². The zero-order valence-corrected chi connectivity index (χ0v) is 11.5. The topological polar surface area (TPSA) is 101 Å². The van der Waals surface area contributed by atoms with Gasteiger partial charge in [0.25, 0.3) is 0 Å². The van der Waals surface area contributed by atoms with Gasteiger partial charge in [0.1, 0.15) is 4.90 Å². The normalized spacial score (nSPS) is 11.9. The average Bonchev–Trinajstić information content (AvgIpc) is 2.27. The smallest absolute Gasteiger partial charge is 0.242 e. The molecule has 6 nitrogen and oxygen atoms in total. The van der Waals surface area contributed by atoms with E-state index in [1.807, 2.05) is 19.0 Å². The number of rotatable bonds is 6. The second-order valence-electron chi connectivity index (χ2n) is 4.35. The molecule has 0 amide bonds. The summed E-state index contributed by atoms with van der Waals surface area (Å²) in [5, 5.41) is 0. The molecule has 0 unspecified atom stereocenters. The van der Waals surface area contributed by atoms with E-state index < -0.39 is 10.0 Å². The van der Waals surface area contributed by atoms with Crippen LogP contribution in [-0.4, -0.2) is 40.5 Å². The van der Waals surface area contributed by atoms with Crippen molar-refractivity contribution in [1.82, 2.24) is 9.62 Å². The highest BCUT2D eigenvalue weighted by molar-refractivity contribution is 7.89. The number of hydrogen-bond acceptors (Lipinski definition) is 5. The number of anilines is 2. The van der Waals surface area contributed by atoms with Crippen molar-refractivity contribution in [2.24, 2.45) is 0 Å². The van der Waals surface area contributed by atoms with E-state index in [1.54, 1.807) is 6.07 Å². The predicted octanol–water partition coefficient (Wildman–Crippen LogP) is 0.0810. The summed E-state index contributed by atoms with van der Waals surface area (Å²) < 4.78 is 26.5. The molecule has 0 aliphatic heterocycles. The van der Waals surface area contributed by atoms with Crippen molar-refractivity contribution < 1.29 is 8.42 Å². The van der Waals surface area contributed by atoms with E-state index in [2.05, 4.69) is 4.72 Å². The molecule has 7 heteroatoms. The van der Waals surface area contributed by atoms with Crippen molar-refractivity contribution in [2.45, 2.75) is 11.3 Å². The minimum atomic E-state index is -3.58. The van der Waals surface area contributed by atoms with Crippen LogP contribution in [0.3, 0.4) is 0 Å². The maximum atomic E-state index is 12.0. The number of nitrogens with two attached hydrogens (primary N) is 2. The molecule has 18 heavy (non-hydrogen) atoms. The van der Waals surface area contributed by atoms with E-state index in [0.29, 0.717) is 12.2 Å². The predicted molar refractivity (Wildman–Crippen MR) is 73.6 cm³/mol. The highest BCUT2D eigenvalue weighted by atomic mass is 32.2.